The van der Waals surface area contributed by atoms with Gasteiger partial charge in [0.2, 0.25) is 0 Å². The van der Waals surface area contributed by atoms with E-state index < -0.39 is 5.72 Å². The summed E-state index contributed by atoms with van der Waals surface area (Å²) in [7, 11) is 3.17. The van der Waals surface area contributed by atoms with Crippen molar-refractivity contribution in [2.24, 2.45) is 0 Å². The lowest BCUT2D eigenvalue weighted by Crippen LogP contribution is -2.49. The molecule has 2 aromatic carbocycles. The van der Waals surface area contributed by atoms with Gasteiger partial charge in [-0.3, -0.25) is 4.79 Å². The van der Waals surface area contributed by atoms with E-state index in [0.717, 1.165) is 5.56 Å². The summed E-state index contributed by atoms with van der Waals surface area (Å²) in [5.74, 6) is 1.10. The molecule has 0 radical (unpaired) electrons. The SMILES string of the molecule is COc1ccc(OC)c2c1CCN1C(=O)c3ccccc3C21O. The molecule has 23 heavy (non-hydrogen) atoms. The number of nitrogens with zero attached hydrogens (tertiary/aromatic N) is 1. The van der Waals surface area contributed by atoms with Gasteiger partial charge in [0.25, 0.3) is 5.91 Å². The van der Waals surface area contributed by atoms with Crippen LogP contribution in [0.15, 0.2) is 36.4 Å². The first kappa shape index (κ1) is 14.1. The number of rotatable bonds is 2. The predicted molar refractivity (Wildman–Crippen MR) is 83.7 cm³/mol. The van der Waals surface area contributed by atoms with Gasteiger partial charge in [-0.25, -0.2) is 0 Å². The summed E-state index contributed by atoms with van der Waals surface area (Å²) >= 11 is 0. The first-order valence-electron chi connectivity index (χ1n) is 7.51. The third-order valence-electron chi connectivity index (χ3n) is 4.77. The van der Waals surface area contributed by atoms with Gasteiger partial charge in [-0.15, -0.1) is 0 Å². The second-order valence-corrected chi connectivity index (χ2v) is 5.75. The summed E-state index contributed by atoms with van der Waals surface area (Å²) in [6.45, 7) is 0.431. The van der Waals surface area contributed by atoms with Gasteiger partial charge >= 0.3 is 0 Å². The van der Waals surface area contributed by atoms with Gasteiger partial charge in [-0.2, -0.15) is 0 Å². The number of aliphatic hydroxyl groups is 1. The molecule has 1 unspecified atom stereocenters. The van der Waals surface area contributed by atoms with Gasteiger partial charge in [0.15, 0.2) is 5.72 Å². The molecule has 0 aliphatic carbocycles. The average Bonchev–Trinajstić information content (AvgIpc) is 2.82. The highest BCUT2D eigenvalue weighted by Gasteiger charge is 2.54. The molecule has 0 saturated heterocycles. The number of methoxy groups -OCH3 is 2. The van der Waals surface area contributed by atoms with Crippen molar-refractivity contribution in [3.63, 3.8) is 0 Å². The molecule has 5 nitrogen and oxygen atoms in total. The summed E-state index contributed by atoms with van der Waals surface area (Å²) < 4.78 is 10.9. The van der Waals surface area contributed by atoms with Gasteiger partial charge in [0, 0.05) is 23.2 Å². The number of ether oxygens (including phenoxy) is 2. The van der Waals surface area contributed by atoms with E-state index in [9.17, 15) is 9.90 Å². The lowest BCUT2D eigenvalue weighted by Gasteiger charge is -2.41. The van der Waals surface area contributed by atoms with Crippen LogP contribution in [-0.4, -0.2) is 36.7 Å². The second-order valence-electron chi connectivity index (χ2n) is 5.75. The molecule has 1 amide bonds. The topological polar surface area (TPSA) is 59.0 Å². The molecule has 4 rings (SSSR count). The lowest BCUT2D eigenvalue weighted by molar-refractivity contribution is -0.0580. The van der Waals surface area contributed by atoms with E-state index in [1.807, 2.05) is 18.2 Å². The van der Waals surface area contributed by atoms with Gasteiger partial charge in [-0.1, -0.05) is 18.2 Å². The van der Waals surface area contributed by atoms with Gasteiger partial charge < -0.3 is 19.5 Å². The second kappa shape index (κ2) is 4.73. The van der Waals surface area contributed by atoms with Crippen LogP contribution in [0.1, 0.15) is 27.0 Å². The number of fused-ring (bicyclic) bond motifs is 5. The third kappa shape index (κ3) is 1.63. The molecule has 5 heteroatoms. The predicted octanol–water partition coefficient (Wildman–Crippen LogP) is 1.91. The molecule has 2 aliphatic rings. The third-order valence-corrected chi connectivity index (χ3v) is 4.77. The van der Waals surface area contributed by atoms with Crippen LogP contribution in [0.4, 0.5) is 0 Å². The standard InChI is InChI=1S/C18H17NO4/c1-22-14-7-8-15(23-2)16-12(14)9-10-19-17(20)11-5-3-4-6-13(11)18(16,19)21/h3-8,21H,9-10H2,1-2H3. The van der Waals surface area contributed by atoms with Crippen LogP contribution < -0.4 is 9.47 Å². The van der Waals surface area contributed by atoms with Crippen LogP contribution in [0.25, 0.3) is 0 Å². The number of amides is 1. The van der Waals surface area contributed by atoms with Crippen LogP contribution >= 0.6 is 0 Å². The van der Waals surface area contributed by atoms with E-state index in [0.29, 0.717) is 41.2 Å². The first-order chi connectivity index (χ1) is 11.1. The van der Waals surface area contributed by atoms with Gasteiger partial charge in [0.05, 0.1) is 19.8 Å². The van der Waals surface area contributed by atoms with Crippen molar-refractivity contribution in [3.05, 3.63) is 58.7 Å². The van der Waals surface area contributed by atoms with Crippen LogP contribution in [-0.2, 0) is 12.1 Å². The molecule has 1 N–H and O–H groups in total. The number of carbonyl (C=O) groups excluding carboxylic acids is 1. The average molecular weight is 311 g/mol. The van der Waals surface area contributed by atoms with Crippen molar-refractivity contribution in [2.45, 2.75) is 12.1 Å². The van der Waals surface area contributed by atoms with E-state index >= 15 is 0 Å². The highest BCUT2D eigenvalue weighted by Crippen LogP contribution is 2.50. The van der Waals surface area contributed by atoms with Crippen LogP contribution in [0.2, 0.25) is 0 Å². The van der Waals surface area contributed by atoms with Crippen LogP contribution in [0.5, 0.6) is 11.5 Å². The monoisotopic (exact) mass is 311 g/mol. The van der Waals surface area contributed by atoms with E-state index in [1.54, 1.807) is 32.4 Å². The summed E-state index contributed by atoms with van der Waals surface area (Å²) in [5, 5.41) is 11.6. The fourth-order valence-corrected chi connectivity index (χ4v) is 3.77. The van der Waals surface area contributed by atoms with Crippen molar-refractivity contribution in [1.29, 1.82) is 0 Å². The Morgan fingerprint density at radius 3 is 2.52 bits per heavy atom. The molecule has 1 atom stereocenters. The van der Waals surface area contributed by atoms with E-state index in [2.05, 4.69) is 0 Å². The molecular formula is C18H17NO4. The Labute approximate surface area is 134 Å². The fraction of sp³-hybridized carbons (Fsp3) is 0.278. The molecule has 0 aromatic heterocycles. The van der Waals surface area contributed by atoms with Crippen molar-refractivity contribution in [2.75, 3.05) is 20.8 Å². The number of hydrogen-bond donors (Lipinski definition) is 1. The molecule has 0 saturated carbocycles. The van der Waals surface area contributed by atoms with Crippen LogP contribution in [0.3, 0.4) is 0 Å². The molecule has 0 spiro atoms. The quantitative estimate of drug-likeness (QED) is 0.920. The van der Waals surface area contributed by atoms with Gasteiger partial charge in [0.1, 0.15) is 11.5 Å². The maximum atomic E-state index is 12.7. The molecule has 2 heterocycles. The number of carbonyl (C=O) groups is 1. The zero-order valence-electron chi connectivity index (χ0n) is 13.0. The molecule has 118 valence electrons. The Morgan fingerprint density at radius 1 is 1.09 bits per heavy atom. The molecule has 2 aromatic rings. The molecule has 0 bridgehead atoms. The van der Waals surface area contributed by atoms with Crippen molar-refractivity contribution < 1.29 is 19.4 Å². The Balaban J connectivity index is 2.07. The maximum absolute atomic E-state index is 12.7. The van der Waals surface area contributed by atoms with Crippen molar-refractivity contribution in [3.8, 4) is 11.5 Å². The Hall–Kier alpha value is -2.53. The van der Waals surface area contributed by atoms with Crippen LogP contribution in [0, 0.1) is 0 Å². The summed E-state index contributed by atoms with van der Waals surface area (Å²) in [5.41, 5.74) is 1.10. The lowest BCUT2D eigenvalue weighted by atomic mass is 9.85. The normalized spacial score (nSPS) is 21.5. The Kier molecular flexibility index (Phi) is 2.90. The van der Waals surface area contributed by atoms with Crippen molar-refractivity contribution in [1.82, 2.24) is 4.90 Å². The largest absolute Gasteiger partial charge is 0.496 e. The molecule has 0 fully saturated rings. The minimum absolute atomic E-state index is 0.154. The zero-order valence-corrected chi connectivity index (χ0v) is 13.0. The van der Waals surface area contributed by atoms with Crippen molar-refractivity contribution >= 4 is 5.91 Å². The van der Waals surface area contributed by atoms with E-state index in [-0.39, 0.29) is 5.91 Å². The number of benzene rings is 2. The first-order valence-corrected chi connectivity index (χ1v) is 7.51. The summed E-state index contributed by atoms with van der Waals surface area (Å²) in [4.78, 5) is 14.2. The van der Waals surface area contributed by atoms with E-state index in [1.165, 1.54) is 4.90 Å². The smallest absolute Gasteiger partial charge is 0.257 e. The summed E-state index contributed by atoms with van der Waals surface area (Å²) in [6.07, 6.45) is 0.609. The minimum Gasteiger partial charge on any atom is -0.496 e. The zero-order chi connectivity index (χ0) is 16.2. The van der Waals surface area contributed by atoms with Gasteiger partial charge in [-0.05, 0) is 24.6 Å². The Morgan fingerprint density at radius 2 is 1.78 bits per heavy atom. The fourth-order valence-electron chi connectivity index (χ4n) is 3.77. The highest BCUT2D eigenvalue weighted by atomic mass is 16.5. The molecule has 2 aliphatic heterocycles. The molecular weight excluding hydrogens is 294 g/mol. The maximum Gasteiger partial charge on any atom is 0.257 e. The minimum atomic E-state index is -1.51. The summed E-state index contributed by atoms with van der Waals surface area (Å²) in [6, 6.07) is 10.8. The highest BCUT2D eigenvalue weighted by molar-refractivity contribution is 6.01. The Bertz CT molecular complexity index is 817. The number of hydrogen-bond acceptors (Lipinski definition) is 4. The van der Waals surface area contributed by atoms with E-state index in [4.69, 9.17) is 9.47 Å².